The number of esters is 1. The Morgan fingerprint density at radius 3 is 2.21 bits per heavy atom. The molecule has 1 atom stereocenters. The zero-order chi connectivity index (χ0) is 14.7. The van der Waals surface area contributed by atoms with E-state index in [1.807, 2.05) is 0 Å². The highest BCUT2D eigenvalue weighted by Gasteiger charge is 2.28. The highest BCUT2D eigenvalue weighted by molar-refractivity contribution is 7.41. The molecule has 0 aliphatic carbocycles. The van der Waals surface area contributed by atoms with Crippen molar-refractivity contribution in [3.8, 4) is 0 Å². The Bertz CT molecular complexity index is 271. The highest BCUT2D eigenvalue weighted by atomic mass is 31.2. The molecule has 0 N–H and O–H groups in total. The molecule has 0 amide bonds. The second kappa shape index (κ2) is 11.0. The molecule has 112 valence electrons. The van der Waals surface area contributed by atoms with Gasteiger partial charge in [0.1, 0.15) is 0 Å². The molecule has 0 radical (unpaired) electrons. The summed E-state index contributed by atoms with van der Waals surface area (Å²) >= 11 is 0. The summed E-state index contributed by atoms with van der Waals surface area (Å²) in [5.74, 6) is -0.642. The molecule has 0 rings (SSSR count). The Morgan fingerprint density at radius 1 is 1.21 bits per heavy atom. The van der Waals surface area contributed by atoms with Crippen molar-refractivity contribution in [2.75, 3.05) is 26.4 Å². The van der Waals surface area contributed by atoms with Crippen LogP contribution in [0.25, 0.3) is 0 Å². The van der Waals surface area contributed by atoms with E-state index in [1.54, 1.807) is 20.8 Å². The SMILES string of the molecule is CCOC(=O)C(CC[N+](=O)[O-])OP(OCC)OCC. The van der Waals surface area contributed by atoms with E-state index in [9.17, 15) is 14.9 Å². The average Bonchev–Trinajstić information content (AvgIpc) is 2.34. The van der Waals surface area contributed by atoms with Crippen molar-refractivity contribution >= 4 is 14.6 Å². The third-order valence-corrected chi connectivity index (χ3v) is 3.17. The Morgan fingerprint density at radius 2 is 1.79 bits per heavy atom. The van der Waals surface area contributed by atoms with Crippen LogP contribution in [0.1, 0.15) is 27.2 Å². The van der Waals surface area contributed by atoms with Crippen molar-refractivity contribution in [3.63, 3.8) is 0 Å². The monoisotopic (exact) mass is 297 g/mol. The summed E-state index contributed by atoms with van der Waals surface area (Å²) in [5.41, 5.74) is 0. The van der Waals surface area contributed by atoms with Crippen molar-refractivity contribution in [1.82, 2.24) is 0 Å². The van der Waals surface area contributed by atoms with E-state index >= 15 is 0 Å². The fourth-order valence-electron chi connectivity index (χ4n) is 1.08. The summed E-state index contributed by atoms with van der Waals surface area (Å²) in [7, 11) is -1.70. The third-order valence-electron chi connectivity index (χ3n) is 1.81. The third kappa shape index (κ3) is 8.83. The summed E-state index contributed by atoms with van der Waals surface area (Å²) in [6.45, 7) is 5.68. The van der Waals surface area contributed by atoms with Gasteiger partial charge in [0.2, 0.25) is 6.54 Å². The van der Waals surface area contributed by atoms with E-state index in [2.05, 4.69) is 0 Å². The maximum absolute atomic E-state index is 11.6. The van der Waals surface area contributed by atoms with Gasteiger partial charge in [-0.2, -0.15) is 0 Å². The molecular formula is C10H20NO7P. The van der Waals surface area contributed by atoms with Crippen LogP contribution in [0, 0.1) is 10.1 Å². The van der Waals surface area contributed by atoms with Crippen molar-refractivity contribution in [2.24, 2.45) is 0 Å². The Balaban J connectivity index is 4.51. The normalized spacial score (nSPS) is 12.4. The van der Waals surface area contributed by atoms with Crippen molar-refractivity contribution in [1.29, 1.82) is 0 Å². The van der Waals surface area contributed by atoms with Crippen LogP contribution >= 0.6 is 8.60 Å². The van der Waals surface area contributed by atoms with E-state index in [0.717, 1.165) is 0 Å². The molecule has 8 nitrogen and oxygen atoms in total. The maximum Gasteiger partial charge on any atom is 0.336 e. The zero-order valence-corrected chi connectivity index (χ0v) is 12.3. The Kier molecular flexibility index (Phi) is 10.6. The molecule has 0 saturated carbocycles. The van der Waals surface area contributed by atoms with Crippen LogP contribution < -0.4 is 0 Å². The lowest BCUT2D eigenvalue weighted by atomic mass is 10.2. The van der Waals surface area contributed by atoms with E-state index in [4.69, 9.17) is 18.3 Å². The van der Waals surface area contributed by atoms with Gasteiger partial charge in [-0.1, -0.05) is 0 Å². The molecule has 9 heteroatoms. The van der Waals surface area contributed by atoms with Crippen molar-refractivity contribution < 1.29 is 28.0 Å². The molecule has 0 fully saturated rings. The van der Waals surface area contributed by atoms with Crippen LogP contribution in [0.3, 0.4) is 0 Å². The van der Waals surface area contributed by atoms with Crippen molar-refractivity contribution in [2.45, 2.75) is 33.3 Å². The molecule has 0 bridgehead atoms. The number of nitrogens with zero attached hydrogens (tertiary/aromatic N) is 1. The Labute approximate surface area is 113 Å². The lowest BCUT2D eigenvalue weighted by Gasteiger charge is -2.20. The van der Waals surface area contributed by atoms with Gasteiger partial charge >= 0.3 is 14.6 Å². The largest absolute Gasteiger partial charge is 0.464 e. The number of carbonyl (C=O) groups is 1. The first-order valence-corrected chi connectivity index (χ1v) is 7.15. The van der Waals surface area contributed by atoms with Crippen LogP contribution in [0.15, 0.2) is 0 Å². The van der Waals surface area contributed by atoms with E-state index in [0.29, 0.717) is 13.2 Å². The second-order valence-corrected chi connectivity index (χ2v) is 4.42. The summed E-state index contributed by atoms with van der Waals surface area (Å²) in [5, 5.41) is 10.4. The van der Waals surface area contributed by atoms with Crippen LogP contribution in [-0.4, -0.2) is 43.4 Å². The van der Waals surface area contributed by atoms with Crippen LogP contribution in [-0.2, 0) is 23.1 Å². The summed E-state index contributed by atoms with van der Waals surface area (Å²) in [6, 6.07) is 0. The molecule has 0 aromatic carbocycles. The molecule has 1 unspecified atom stereocenters. The Hall–Kier alpha value is -0.820. The van der Waals surface area contributed by atoms with Gasteiger partial charge in [-0.15, -0.1) is 0 Å². The summed E-state index contributed by atoms with van der Waals surface area (Å²) in [4.78, 5) is 21.5. The number of hydrogen-bond donors (Lipinski definition) is 0. The summed E-state index contributed by atoms with van der Waals surface area (Å²) < 4.78 is 20.5. The first-order valence-electron chi connectivity index (χ1n) is 6.06. The fraction of sp³-hybridized carbons (Fsp3) is 0.900. The minimum atomic E-state index is -1.70. The van der Waals surface area contributed by atoms with Gasteiger partial charge in [-0.05, 0) is 20.8 Å². The average molecular weight is 297 g/mol. The molecule has 0 aliphatic heterocycles. The van der Waals surface area contributed by atoms with Crippen LogP contribution in [0.2, 0.25) is 0 Å². The fourth-order valence-corrected chi connectivity index (χ4v) is 2.10. The number of carbonyl (C=O) groups excluding carboxylic acids is 1. The molecule has 0 heterocycles. The first kappa shape index (κ1) is 18.2. The van der Waals surface area contributed by atoms with Gasteiger partial charge in [0, 0.05) is 11.3 Å². The first-order chi connectivity index (χ1) is 9.04. The number of ether oxygens (including phenoxy) is 1. The molecule has 0 saturated heterocycles. The number of rotatable bonds is 11. The minimum Gasteiger partial charge on any atom is -0.464 e. The minimum absolute atomic E-state index is 0.0786. The molecule has 0 aromatic rings. The highest BCUT2D eigenvalue weighted by Crippen LogP contribution is 2.41. The van der Waals surface area contributed by atoms with E-state index < -0.39 is 25.6 Å². The smallest absolute Gasteiger partial charge is 0.336 e. The predicted octanol–water partition coefficient (Wildman–Crippen LogP) is 1.90. The number of nitro groups is 1. The molecule has 0 spiro atoms. The molecule has 0 aromatic heterocycles. The van der Waals surface area contributed by atoms with Crippen LogP contribution in [0.4, 0.5) is 0 Å². The van der Waals surface area contributed by atoms with Gasteiger partial charge in [0.15, 0.2) is 6.10 Å². The van der Waals surface area contributed by atoms with Crippen molar-refractivity contribution in [3.05, 3.63) is 10.1 Å². The standard InChI is InChI=1S/C10H20NO7P/c1-4-15-10(12)9(7-8-11(13)14)18-19(16-5-2)17-6-3/h9H,4-8H2,1-3H3. The zero-order valence-electron chi connectivity index (χ0n) is 11.4. The predicted molar refractivity (Wildman–Crippen MR) is 68.2 cm³/mol. The van der Waals surface area contributed by atoms with E-state index in [1.165, 1.54) is 0 Å². The van der Waals surface area contributed by atoms with Crippen LogP contribution in [0.5, 0.6) is 0 Å². The molecular weight excluding hydrogens is 277 g/mol. The van der Waals surface area contributed by atoms with Gasteiger partial charge in [0.05, 0.1) is 19.8 Å². The lowest BCUT2D eigenvalue weighted by molar-refractivity contribution is -0.481. The second-order valence-electron chi connectivity index (χ2n) is 3.25. The molecule has 0 aliphatic rings. The van der Waals surface area contributed by atoms with Gasteiger partial charge in [0.25, 0.3) is 0 Å². The van der Waals surface area contributed by atoms with E-state index in [-0.39, 0.29) is 19.6 Å². The lowest BCUT2D eigenvalue weighted by Crippen LogP contribution is -2.28. The van der Waals surface area contributed by atoms with Gasteiger partial charge < -0.3 is 13.8 Å². The summed E-state index contributed by atoms with van der Waals surface area (Å²) in [6.07, 6.45) is -1.13. The van der Waals surface area contributed by atoms with Gasteiger partial charge in [-0.3, -0.25) is 14.6 Å². The molecule has 19 heavy (non-hydrogen) atoms. The van der Waals surface area contributed by atoms with Gasteiger partial charge in [-0.25, -0.2) is 4.79 Å². The quantitative estimate of drug-likeness (QED) is 0.248. The number of hydrogen-bond acceptors (Lipinski definition) is 7. The maximum atomic E-state index is 11.6. The topological polar surface area (TPSA) is 97.1 Å².